The average molecular weight is 168 g/mol. The highest BCUT2D eigenvalue weighted by Crippen LogP contribution is 2.39. The minimum Gasteiger partial charge on any atom is -0.0776 e. The third-order valence-electron chi connectivity index (χ3n) is 3.72. The molecule has 0 saturated heterocycles. The lowest BCUT2D eigenvalue weighted by Crippen LogP contribution is -2.09. The van der Waals surface area contributed by atoms with Crippen molar-refractivity contribution in [2.75, 3.05) is 0 Å². The molecule has 2 fully saturated rings. The number of hydrogen-bond acceptors (Lipinski definition) is 0. The molecule has 2 aliphatic rings. The van der Waals surface area contributed by atoms with Gasteiger partial charge in [0, 0.05) is 0 Å². The van der Waals surface area contributed by atoms with Crippen LogP contribution in [0.5, 0.6) is 0 Å². The van der Waals surface area contributed by atoms with Crippen LogP contribution in [0.15, 0.2) is 0 Å². The van der Waals surface area contributed by atoms with Gasteiger partial charge in [0.15, 0.2) is 0 Å². The van der Waals surface area contributed by atoms with Gasteiger partial charge in [0.2, 0.25) is 0 Å². The van der Waals surface area contributed by atoms with Crippen molar-refractivity contribution >= 4 is 0 Å². The van der Waals surface area contributed by atoms with Crippen molar-refractivity contribution in [2.45, 2.75) is 65.2 Å². The molecule has 0 aromatic carbocycles. The van der Waals surface area contributed by atoms with E-state index in [4.69, 9.17) is 0 Å². The SMILES string of the molecule is C.C1CCCC2CCCC2CC1. The molecule has 0 amide bonds. The van der Waals surface area contributed by atoms with Crippen LogP contribution in [0.1, 0.15) is 65.2 Å². The Morgan fingerprint density at radius 2 is 0.917 bits per heavy atom. The molecule has 0 aromatic heterocycles. The van der Waals surface area contributed by atoms with Crippen molar-refractivity contribution in [1.82, 2.24) is 0 Å². The zero-order valence-corrected chi connectivity index (χ0v) is 7.52. The zero-order valence-electron chi connectivity index (χ0n) is 7.52. The lowest BCUT2D eigenvalue weighted by Gasteiger charge is -2.21. The normalized spacial score (nSPS) is 36.0. The van der Waals surface area contributed by atoms with Crippen LogP contribution in [0.25, 0.3) is 0 Å². The van der Waals surface area contributed by atoms with Crippen molar-refractivity contribution < 1.29 is 0 Å². The van der Waals surface area contributed by atoms with Gasteiger partial charge < -0.3 is 0 Å². The van der Waals surface area contributed by atoms with E-state index in [-0.39, 0.29) is 7.43 Å². The molecule has 2 atom stereocenters. The third kappa shape index (κ3) is 2.24. The van der Waals surface area contributed by atoms with Crippen LogP contribution < -0.4 is 0 Å². The quantitative estimate of drug-likeness (QED) is 0.503. The van der Waals surface area contributed by atoms with Crippen LogP contribution in [-0.4, -0.2) is 0 Å². The van der Waals surface area contributed by atoms with Gasteiger partial charge in [0.05, 0.1) is 0 Å². The van der Waals surface area contributed by atoms with Gasteiger partial charge in [-0.25, -0.2) is 0 Å². The molecule has 2 aliphatic carbocycles. The number of hydrogen-bond donors (Lipinski definition) is 0. The molecule has 0 heteroatoms. The summed E-state index contributed by atoms with van der Waals surface area (Å²) in [5, 5.41) is 0. The van der Waals surface area contributed by atoms with Gasteiger partial charge in [-0.1, -0.05) is 65.2 Å². The Bertz CT molecular complexity index is 103. The summed E-state index contributed by atoms with van der Waals surface area (Å²) in [5.74, 6) is 2.30. The summed E-state index contributed by atoms with van der Waals surface area (Å²) < 4.78 is 0. The molecule has 0 aliphatic heterocycles. The fourth-order valence-corrected chi connectivity index (χ4v) is 3.04. The summed E-state index contributed by atoms with van der Waals surface area (Å²) in [5.41, 5.74) is 0. The second-order valence-electron chi connectivity index (χ2n) is 4.44. The van der Waals surface area contributed by atoms with E-state index in [0.717, 1.165) is 11.8 Å². The second-order valence-corrected chi connectivity index (χ2v) is 4.44. The summed E-state index contributed by atoms with van der Waals surface area (Å²) in [7, 11) is 0. The number of rotatable bonds is 0. The van der Waals surface area contributed by atoms with Gasteiger partial charge >= 0.3 is 0 Å². The fourth-order valence-electron chi connectivity index (χ4n) is 3.04. The molecule has 0 bridgehead atoms. The standard InChI is InChI=1S/C11H20.CH4/c1-2-4-7-11-9-5-8-10(11)6-3-1;/h10-11H,1-9H2;1H4. The first-order valence-electron chi connectivity index (χ1n) is 5.47. The highest BCUT2D eigenvalue weighted by molar-refractivity contribution is 4.78. The molecular weight excluding hydrogens is 144 g/mol. The molecule has 0 nitrogen and oxygen atoms in total. The van der Waals surface area contributed by atoms with Crippen LogP contribution in [-0.2, 0) is 0 Å². The Morgan fingerprint density at radius 1 is 0.500 bits per heavy atom. The molecule has 0 radical (unpaired) electrons. The van der Waals surface area contributed by atoms with Crippen LogP contribution in [0.3, 0.4) is 0 Å². The van der Waals surface area contributed by atoms with Crippen molar-refractivity contribution in [3.8, 4) is 0 Å². The van der Waals surface area contributed by atoms with Gasteiger partial charge in [-0.05, 0) is 11.8 Å². The minimum atomic E-state index is 0. The van der Waals surface area contributed by atoms with Crippen LogP contribution in [0.4, 0.5) is 0 Å². The zero-order chi connectivity index (χ0) is 7.52. The molecule has 0 N–H and O–H groups in total. The monoisotopic (exact) mass is 168 g/mol. The van der Waals surface area contributed by atoms with Crippen molar-refractivity contribution in [3.63, 3.8) is 0 Å². The lowest BCUT2D eigenvalue weighted by molar-refractivity contribution is 0.301. The Balaban J connectivity index is 0.000000720. The van der Waals surface area contributed by atoms with Crippen molar-refractivity contribution in [1.29, 1.82) is 0 Å². The highest BCUT2D eigenvalue weighted by Gasteiger charge is 2.26. The second kappa shape index (κ2) is 4.89. The smallest absolute Gasteiger partial charge is 0.0386 e. The van der Waals surface area contributed by atoms with E-state index >= 15 is 0 Å². The van der Waals surface area contributed by atoms with Crippen LogP contribution in [0.2, 0.25) is 0 Å². The molecule has 12 heavy (non-hydrogen) atoms. The average Bonchev–Trinajstić information content (AvgIpc) is 2.35. The van der Waals surface area contributed by atoms with E-state index < -0.39 is 0 Å². The predicted molar refractivity (Wildman–Crippen MR) is 55.3 cm³/mol. The molecule has 2 unspecified atom stereocenters. The summed E-state index contributed by atoms with van der Waals surface area (Å²) >= 11 is 0. The summed E-state index contributed by atoms with van der Waals surface area (Å²) in [4.78, 5) is 0. The third-order valence-corrected chi connectivity index (χ3v) is 3.72. The van der Waals surface area contributed by atoms with E-state index in [1.165, 1.54) is 32.1 Å². The van der Waals surface area contributed by atoms with Crippen molar-refractivity contribution in [3.05, 3.63) is 0 Å². The maximum atomic E-state index is 1.56. The van der Waals surface area contributed by atoms with E-state index in [1.54, 1.807) is 25.7 Å². The Labute approximate surface area is 77.7 Å². The van der Waals surface area contributed by atoms with Gasteiger partial charge in [0.25, 0.3) is 0 Å². The first-order valence-corrected chi connectivity index (χ1v) is 5.47. The molecule has 72 valence electrons. The Morgan fingerprint density at radius 3 is 1.42 bits per heavy atom. The van der Waals surface area contributed by atoms with E-state index in [9.17, 15) is 0 Å². The summed E-state index contributed by atoms with van der Waals surface area (Å²) in [6, 6.07) is 0. The molecule has 0 spiro atoms. The largest absolute Gasteiger partial charge is 0.0776 e. The maximum absolute atomic E-state index is 1.56. The molecule has 0 heterocycles. The van der Waals surface area contributed by atoms with Gasteiger partial charge in [0.1, 0.15) is 0 Å². The summed E-state index contributed by atoms with van der Waals surface area (Å²) in [6.45, 7) is 0. The fraction of sp³-hybridized carbons (Fsp3) is 1.00. The first kappa shape index (κ1) is 10.1. The van der Waals surface area contributed by atoms with Gasteiger partial charge in [-0.3, -0.25) is 0 Å². The van der Waals surface area contributed by atoms with E-state index in [0.29, 0.717) is 0 Å². The molecule has 0 aromatic rings. The minimum absolute atomic E-state index is 0. The topological polar surface area (TPSA) is 0 Å². The Hall–Kier alpha value is 0. The molecular formula is C12H24. The first-order chi connectivity index (χ1) is 5.47. The maximum Gasteiger partial charge on any atom is -0.0386 e. The Kier molecular flexibility index (Phi) is 4.11. The number of fused-ring (bicyclic) bond motifs is 1. The van der Waals surface area contributed by atoms with Crippen LogP contribution >= 0.6 is 0 Å². The predicted octanol–water partition coefficient (Wildman–Crippen LogP) is 4.39. The van der Waals surface area contributed by atoms with Crippen LogP contribution in [0, 0.1) is 11.8 Å². The van der Waals surface area contributed by atoms with Gasteiger partial charge in [-0.15, -0.1) is 0 Å². The lowest BCUT2D eigenvalue weighted by atomic mass is 9.84. The molecule has 2 saturated carbocycles. The van der Waals surface area contributed by atoms with Gasteiger partial charge in [-0.2, -0.15) is 0 Å². The summed E-state index contributed by atoms with van der Waals surface area (Å²) in [6.07, 6.45) is 13.9. The highest BCUT2D eigenvalue weighted by atomic mass is 14.3. The van der Waals surface area contributed by atoms with Crippen molar-refractivity contribution in [2.24, 2.45) is 11.8 Å². The van der Waals surface area contributed by atoms with E-state index in [1.807, 2.05) is 0 Å². The molecule has 2 rings (SSSR count). The van der Waals surface area contributed by atoms with E-state index in [2.05, 4.69) is 0 Å².